The van der Waals surface area contributed by atoms with Gasteiger partial charge in [0, 0.05) is 10.6 Å². The van der Waals surface area contributed by atoms with Gasteiger partial charge in [-0.25, -0.2) is 0 Å². The van der Waals surface area contributed by atoms with Gasteiger partial charge in [0.05, 0.1) is 5.69 Å². The number of para-hydroxylation sites is 1. The molecular formula is C26H21ClN2O3S. The third-order valence-corrected chi connectivity index (χ3v) is 5.87. The zero-order valence-electron chi connectivity index (χ0n) is 18.1. The smallest absolute Gasteiger partial charge is 0.270 e. The third-order valence-electron chi connectivity index (χ3n) is 5.35. The second-order valence-corrected chi connectivity index (χ2v) is 8.51. The van der Waals surface area contributed by atoms with Crippen molar-refractivity contribution in [2.24, 2.45) is 0 Å². The molecule has 0 bridgehead atoms. The summed E-state index contributed by atoms with van der Waals surface area (Å²) in [6, 6.07) is 20.1. The van der Waals surface area contributed by atoms with Crippen LogP contribution >= 0.6 is 23.8 Å². The number of ether oxygens (including phenoxy) is 1. The molecule has 2 amide bonds. The van der Waals surface area contributed by atoms with E-state index < -0.39 is 11.8 Å². The van der Waals surface area contributed by atoms with Crippen LogP contribution in [0.25, 0.3) is 6.08 Å². The van der Waals surface area contributed by atoms with Crippen LogP contribution in [0.2, 0.25) is 5.02 Å². The van der Waals surface area contributed by atoms with Crippen LogP contribution in [-0.4, -0.2) is 16.9 Å². The van der Waals surface area contributed by atoms with Gasteiger partial charge < -0.3 is 4.74 Å². The molecule has 5 nitrogen and oxygen atoms in total. The molecule has 166 valence electrons. The van der Waals surface area contributed by atoms with Crippen molar-refractivity contribution in [1.29, 1.82) is 0 Å². The molecule has 1 saturated heterocycles. The van der Waals surface area contributed by atoms with E-state index in [0.29, 0.717) is 28.6 Å². The second kappa shape index (κ2) is 9.57. The van der Waals surface area contributed by atoms with Crippen molar-refractivity contribution in [1.82, 2.24) is 5.32 Å². The minimum atomic E-state index is -0.572. The Morgan fingerprint density at radius 2 is 1.76 bits per heavy atom. The summed E-state index contributed by atoms with van der Waals surface area (Å²) in [5.41, 5.74) is 4.42. The van der Waals surface area contributed by atoms with Crippen LogP contribution in [0, 0.1) is 13.8 Å². The Labute approximate surface area is 202 Å². The fourth-order valence-electron chi connectivity index (χ4n) is 3.44. The van der Waals surface area contributed by atoms with Crippen LogP contribution in [0.4, 0.5) is 5.69 Å². The van der Waals surface area contributed by atoms with Gasteiger partial charge in [-0.1, -0.05) is 48.0 Å². The summed E-state index contributed by atoms with van der Waals surface area (Å²) in [6.45, 7) is 4.44. The van der Waals surface area contributed by atoms with Crippen LogP contribution < -0.4 is 15.0 Å². The number of anilines is 1. The highest BCUT2D eigenvalue weighted by molar-refractivity contribution is 7.80. The summed E-state index contributed by atoms with van der Waals surface area (Å²) in [4.78, 5) is 27.2. The van der Waals surface area contributed by atoms with E-state index >= 15 is 0 Å². The summed E-state index contributed by atoms with van der Waals surface area (Å²) in [7, 11) is 0. The van der Waals surface area contributed by atoms with Gasteiger partial charge >= 0.3 is 0 Å². The van der Waals surface area contributed by atoms with Crippen LogP contribution in [-0.2, 0) is 16.2 Å². The maximum Gasteiger partial charge on any atom is 0.270 e. The van der Waals surface area contributed by atoms with Crippen LogP contribution in [0.3, 0.4) is 0 Å². The highest BCUT2D eigenvalue weighted by atomic mass is 35.5. The SMILES string of the molecule is Cc1ccc(COc2ccc(Cl)cc2/C=C2/C(=O)NC(=S)N(c3ccccc3)C2=O)cc1C. The predicted molar refractivity (Wildman–Crippen MR) is 134 cm³/mol. The number of hydrogen-bond donors (Lipinski definition) is 1. The molecule has 4 rings (SSSR count). The molecule has 0 atom stereocenters. The van der Waals surface area contributed by atoms with E-state index in [1.54, 1.807) is 42.5 Å². The van der Waals surface area contributed by atoms with Crippen LogP contribution in [0.5, 0.6) is 5.75 Å². The zero-order chi connectivity index (χ0) is 23.5. The summed E-state index contributed by atoms with van der Waals surface area (Å²) >= 11 is 11.5. The van der Waals surface area contributed by atoms with Gasteiger partial charge in [-0.3, -0.25) is 19.8 Å². The van der Waals surface area contributed by atoms with Crippen molar-refractivity contribution in [3.05, 3.63) is 99.6 Å². The summed E-state index contributed by atoms with van der Waals surface area (Å²) < 4.78 is 6.03. The first kappa shape index (κ1) is 22.7. The van der Waals surface area contributed by atoms with E-state index in [0.717, 1.165) is 5.56 Å². The van der Waals surface area contributed by atoms with Gasteiger partial charge in [-0.05, 0) is 79.2 Å². The fourth-order valence-corrected chi connectivity index (χ4v) is 3.90. The highest BCUT2D eigenvalue weighted by Crippen LogP contribution is 2.28. The van der Waals surface area contributed by atoms with E-state index in [1.807, 2.05) is 25.1 Å². The highest BCUT2D eigenvalue weighted by Gasteiger charge is 2.34. The van der Waals surface area contributed by atoms with Gasteiger partial charge in [0.25, 0.3) is 11.8 Å². The minimum absolute atomic E-state index is 0.0330. The van der Waals surface area contributed by atoms with E-state index in [-0.39, 0.29) is 10.7 Å². The lowest BCUT2D eigenvalue weighted by atomic mass is 10.1. The number of hydrogen-bond acceptors (Lipinski definition) is 4. The van der Waals surface area contributed by atoms with Crippen LogP contribution in [0.15, 0.2) is 72.3 Å². The molecule has 0 saturated carbocycles. The Bertz CT molecular complexity index is 1290. The normalized spacial score (nSPS) is 15.1. The Balaban J connectivity index is 1.66. The number of benzene rings is 3. The molecule has 1 aliphatic rings. The van der Waals surface area contributed by atoms with Crippen molar-refractivity contribution in [3.8, 4) is 5.75 Å². The van der Waals surface area contributed by atoms with Gasteiger partial charge in [0.1, 0.15) is 17.9 Å². The largest absolute Gasteiger partial charge is 0.488 e. The monoisotopic (exact) mass is 476 g/mol. The molecule has 33 heavy (non-hydrogen) atoms. The van der Waals surface area contributed by atoms with E-state index in [2.05, 4.69) is 18.3 Å². The van der Waals surface area contributed by atoms with Crippen molar-refractivity contribution in [2.45, 2.75) is 20.5 Å². The summed E-state index contributed by atoms with van der Waals surface area (Å²) in [5.74, 6) is -0.586. The number of halogens is 1. The lowest BCUT2D eigenvalue weighted by Crippen LogP contribution is -2.54. The predicted octanol–water partition coefficient (Wildman–Crippen LogP) is 5.37. The van der Waals surface area contributed by atoms with Crippen molar-refractivity contribution in [3.63, 3.8) is 0 Å². The molecule has 7 heteroatoms. The lowest BCUT2D eigenvalue weighted by molar-refractivity contribution is -0.122. The number of thiocarbonyl (C=S) groups is 1. The Hall–Kier alpha value is -3.48. The molecular weight excluding hydrogens is 456 g/mol. The van der Waals surface area contributed by atoms with Gasteiger partial charge in [0.15, 0.2) is 5.11 Å². The maximum absolute atomic E-state index is 13.2. The molecule has 0 aliphatic carbocycles. The first-order valence-electron chi connectivity index (χ1n) is 10.3. The van der Waals surface area contributed by atoms with E-state index in [4.69, 9.17) is 28.6 Å². The molecule has 3 aromatic carbocycles. The van der Waals surface area contributed by atoms with E-state index in [1.165, 1.54) is 22.1 Å². The number of carbonyl (C=O) groups is 2. The summed E-state index contributed by atoms with van der Waals surface area (Å²) in [6.07, 6.45) is 1.48. The first-order valence-corrected chi connectivity index (χ1v) is 11.1. The Morgan fingerprint density at radius 3 is 2.48 bits per heavy atom. The molecule has 1 N–H and O–H groups in total. The molecule has 0 spiro atoms. The number of aryl methyl sites for hydroxylation is 2. The van der Waals surface area contributed by atoms with Crippen molar-refractivity contribution < 1.29 is 14.3 Å². The zero-order valence-corrected chi connectivity index (χ0v) is 19.7. The van der Waals surface area contributed by atoms with Crippen molar-refractivity contribution in [2.75, 3.05) is 4.90 Å². The number of carbonyl (C=O) groups excluding carboxylic acids is 2. The maximum atomic E-state index is 13.2. The third kappa shape index (κ3) is 4.97. The van der Waals surface area contributed by atoms with Crippen LogP contribution in [0.1, 0.15) is 22.3 Å². The Morgan fingerprint density at radius 1 is 1.00 bits per heavy atom. The number of amides is 2. The van der Waals surface area contributed by atoms with Crippen molar-refractivity contribution >= 4 is 52.5 Å². The molecule has 1 fully saturated rings. The minimum Gasteiger partial charge on any atom is -0.488 e. The van der Waals surface area contributed by atoms with Gasteiger partial charge in [0.2, 0.25) is 0 Å². The molecule has 1 aliphatic heterocycles. The number of nitrogens with one attached hydrogen (secondary N) is 1. The topological polar surface area (TPSA) is 58.6 Å². The molecule has 0 unspecified atom stereocenters. The van der Waals surface area contributed by atoms with E-state index in [9.17, 15) is 9.59 Å². The number of nitrogens with zero attached hydrogens (tertiary/aromatic N) is 1. The number of rotatable bonds is 5. The molecule has 0 radical (unpaired) electrons. The second-order valence-electron chi connectivity index (χ2n) is 7.68. The average Bonchev–Trinajstić information content (AvgIpc) is 2.79. The standard InChI is InChI=1S/C26H21ClN2O3S/c1-16-8-9-18(12-17(16)2)15-32-23-11-10-20(27)13-19(23)14-22-24(30)28-26(33)29(25(22)31)21-6-4-3-5-7-21/h3-14H,15H2,1-2H3,(H,28,30,33)/b22-14-. The summed E-state index contributed by atoms with van der Waals surface area (Å²) in [5, 5.41) is 3.08. The molecule has 1 heterocycles. The average molecular weight is 477 g/mol. The van der Waals surface area contributed by atoms with Gasteiger partial charge in [-0.15, -0.1) is 0 Å². The Kier molecular flexibility index (Phi) is 6.58. The fraction of sp³-hybridized carbons (Fsp3) is 0.115. The molecule has 0 aromatic heterocycles. The first-order chi connectivity index (χ1) is 15.8. The van der Waals surface area contributed by atoms with Gasteiger partial charge in [-0.2, -0.15) is 0 Å². The molecule has 3 aromatic rings. The quantitative estimate of drug-likeness (QED) is 0.305. The lowest BCUT2D eigenvalue weighted by Gasteiger charge is -2.29.